The van der Waals surface area contributed by atoms with E-state index in [0.29, 0.717) is 24.8 Å². The zero-order valence-electron chi connectivity index (χ0n) is 15.7. The molecule has 0 unspecified atom stereocenters. The number of rotatable bonds is 5. The van der Waals surface area contributed by atoms with Crippen molar-refractivity contribution in [2.24, 2.45) is 5.92 Å². The highest BCUT2D eigenvalue weighted by molar-refractivity contribution is 5.93. The summed E-state index contributed by atoms with van der Waals surface area (Å²) >= 11 is 0. The van der Waals surface area contributed by atoms with Crippen molar-refractivity contribution in [1.29, 1.82) is 0 Å². The number of fused-ring (bicyclic) bond motifs is 1. The normalized spacial score (nSPS) is 20.1. The van der Waals surface area contributed by atoms with Crippen molar-refractivity contribution >= 4 is 5.91 Å². The van der Waals surface area contributed by atoms with Gasteiger partial charge >= 0.3 is 0 Å². The average Bonchev–Trinajstić information content (AvgIpc) is 3.16. The van der Waals surface area contributed by atoms with Crippen LogP contribution in [-0.4, -0.2) is 34.6 Å². The van der Waals surface area contributed by atoms with E-state index in [-0.39, 0.29) is 12.0 Å². The van der Waals surface area contributed by atoms with Crippen LogP contribution in [0.4, 0.5) is 0 Å². The summed E-state index contributed by atoms with van der Waals surface area (Å²) in [7, 11) is 1.65. The van der Waals surface area contributed by atoms with Crippen LogP contribution in [0.15, 0.2) is 24.3 Å². The number of hydrogen-bond acceptors (Lipinski definition) is 5. The van der Waals surface area contributed by atoms with Crippen LogP contribution in [0.5, 0.6) is 5.75 Å². The predicted molar refractivity (Wildman–Crippen MR) is 99.5 cm³/mol. The zero-order valence-corrected chi connectivity index (χ0v) is 15.7. The molecule has 0 saturated heterocycles. The van der Waals surface area contributed by atoms with Crippen LogP contribution in [0.3, 0.4) is 0 Å². The van der Waals surface area contributed by atoms with Gasteiger partial charge in [0.15, 0.2) is 5.69 Å². The second-order valence-corrected chi connectivity index (χ2v) is 7.35. The van der Waals surface area contributed by atoms with Gasteiger partial charge in [0.2, 0.25) is 0 Å². The fourth-order valence-electron chi connectivity index (χ4n) is 3.92. The van der Waals surface area contributed by atoms with Gasteiger partial charge in [-0.1, -0.05) is 36.6 Å². The lowest BCUT2D eigenvalue weighted by Crippen LogP contribution is -2.32. The van der Waals surface area contributed by atoms with Crippen LogP contribution in [0, 0.1) is 5.92 Å². The monoisotopic (exact) mass is 370 g/mol. The molecule has 0 spiro atoms. The lowest BCUT2D eigenvalue weighted by molar-refractivity contribution is -0.00179. The molecular weight excluding hydrogens is 344 g/mol. The number of carbonyl (C=O) groups is 1. The van der Waals surface area contributed by atoms with Gasteiger partial charge in [0.25, 0.3) is 5.91 Å². The van der Waals surface area contributed by atoms with Crippen LogP contribution in [0.2, 0.25) is 0 Å². The summed E-state index contributed by atoms with van der Waals surface area (Å²) in [5, 5.41) is 11.3. The first-order valence-corrected chi connectivity index (χ1v) is 9.70. The van der Waals surface area contributed by atoms with E-state index in [2.05, 4.69) is 15.6 Å². The molecule has 1 aliphatic carbocycles. The Balaban J connectivity index is 1.39. The van der Waals surface area contributed by atoms with E-state index in [1.807, 2.05) is 24.3 Å². The Hall–Kier alpha value is -2.41. The molecule has 1 N–H and O–H groups in total. The summed E-state index contributed by atoms with van der Waals surface area (Å²) in [5.41, 5.74) is 2.19. The molecule has 0 radical (unpaired) electrons. The van der Waals surface area contributed by atoms with Gasteiger partial charge in [-0.3, -0.25) is 4.79 Å². The first-order chi connectivity index (χ1) is 13.2. The number of nitrogens with one attached hydrogen (secondary N) is 1. The molecule has 144 valence electrons. The van der Waals surface area contributed by atoms with Gasteiger partial charge in [-0.05, 0) is 36.5 Å². The third-order valence-corrected chi connectivity index (χ3v) is 5.58. The summed E-state index contributed by atoms with van der Waals surface area (Å²) in [6.45, 7) is 1.60. The van der Waals surface area contributed by atoms with Crippen molar-refractivity contribution in [2.75, 3.05) is 13.7 Å². The molecule has 2 heterocycles. The molecule has 1 amide bonds. The molecule has 4 rings (SSSR count). The van der Waals surface area contributed by atoms with E-state index in [4.69, 9.17) is 9.47 Å². The number of hydrogen-bond donors (Lipinski definition) is 1. The predicted octanol–water partition coefficient (Wildman–Crippen LogP) is 2.87. The minimum absolute atomic E-state index is 0.108. The Morgan fingerprint density at radius 3 is 2.78 bits per heavy atom. The van der Waals surface area contributed by atoms with Crippen LogP contribution in [0.1, 0.15) is 60.0 Å². The molecule has 7 heteroatoms. The molecule has 7 nitrogen and oxygen atoms in total. The van der Waals surface area contributed by atoms with Crippen LogP contribution >= 0.6 is 0 Å². The Morgan fingerprint density at radius 2 is 2.04 bits per heavy atom. The number of nitrogens with zero attached hydrogens (tertiary/aromatic N) is 3. The summed E-state index contributed by atoms with van der Waals surface area (Å²) in [5.74, 6) is 1.26. The summed E-state index contributed by atoms with van der Waals surface area (Å²) < 4.78 is 13.0. The third-order valence-electron chi connectivity index (χ3n) is 5.58. The van der Waals surface area contributed by atoms with Crippen LogP contribution in [0.25, 0.3) is 0 Å². The number of benzene rings is 1. The minimum atomic E-state index is -0.145. The number of aromatic nitrogens is 3. The van der Waals surface area contributed by atoms with Gasteiger partial charge in [-0.2, -0.15) is 0 Å². The van der Waals surface area contributed by atoms with Gasteiger partial charge in [-0.15, -0.1) is 5.10 Å². The highest BCUT2D eigenvalue weighted by Gasteiger charge is 2.28. The topological polar surface area (TPSA) is 78.3 Å². The van der Waals surface area contributed by atoms with E-state index in [0.717, 1.165) is 23.6 Å². The molecule has 1 saturated carbocycles. The van der Waals surface area contributed by atoms with Gasteiger partial charge in [0.05, 0.1) is 26.0 Å². The zero-order chi connectivity index (χ0) is 18.6. The van der Waals surface area contributed by atoms with Crippen molar-refractivity contribution in [3.05, 3.63) is 41.2 Å². The second-order valence-electron chi connectivity index (χ2n) is 7.35. The maximum atomic E-state index is 12.5. The van der Waals surface area contributed by atoms with E-state index < -0.39 is 0 Å². The van der Waals surface area contributed by atoms with E-state index in [1.165, 1.54) is 32.1 Å². The van der Waals surface area contributed by atoms with Crippen LogP contribution < -0.4 is 10.1 Å². The summed E-state index contributed by atoms with van der Waals surface area (Å²) in [6, 6.07) is 7.81. The van der Waals surface area contributed by atoms with Gasteiger partial charge < -0.3 is 14.8 Å². The molecule has 1 aromatic carbocycles. The first-order valence-electron chi connectivity index (χ1n) is 9.70. The highest BCUT2D eigenvalue weighted by Crippen LogP contribution is 2.28. The molecule has 1 atom stereocenters. The number of carbonyl (C=O) groups excluding carboxylic acids is 1. The third kappa shape index (κ3) is 3.98. The first kappa shape index (κ1) is 18.0. The molecule has 27 heavy (non-hydrogen) atoms. The maximum Gasteiger partial charge on any atom is 0.273 e. The number of ether oxygens (including phenoxy) is 2. The fourth-order valence-corrected chi connectivity index (χ4v) is 3.92. The van der Waals surface area contributed by atoms with Crippen molar-refractivity contribution in [2.45, 2.75) is 51.4 Å². The van der Waals surface area contributed by atoms with Crippen LogP contribution in [-0.2, 0) is 17.9 Å². The second kappa shape index (κ2) is 8.08. The lowest BCUT2D eigenvalue weighted by atomic mass is 9.89. The van der Waals surface area contributed by atoms with E-state index in [1.54, 1.807) is 11.8 Å². The maximum absolute atomic E-state index is 12.5. The standard InChI is InChI=1S/C20H26N4O3/c1-26-16-9-7-15(8-10-16)18-12-24-17(13-27-18)19(22-23-24)20(25)21-11-14-5-3-2-4-6-14/h7-10,14,18H,2-6,11-13H2,1H3,(H,21,25)/t18-/m1/s1. The number of amides is 1. The molecule has 2 aromatic rings. The van der Waals surface area contributed by atoms with Crippen molar-refractivity contribution in [1.82, 2.24) is 20.3 Å². The van der Waals surface area contributed by atoms with E-state index >= 15 is 0 Å². The smallest absolute Gasteiger partial charge is 0.273 e. The molecule has 1 aliphatic heterocycles. The lowest BCUT2D eigenvalue weighted by Gasteiger charge is -2.24. The van der Waals surface area contributed by atoms with Crippen molar-refractivity contribution < 1.29 is 14.3 Å². The van der Waals surface area contributed by atoms with Gasteiger partial charge in [-0.25, -0.2) is 4.68 Å². The largest absolute Gasteiger partial charge is 0.497 e. The minimum Gasteiger partial charge on any atom is -0.497 e. The Labute approximate surface area is 159 Å². The Bertz CT molecular complexity index is 781. The quantitative estimate of drug-likeness (QED) is 0.876. The molecule has 0 bridgehead atoms. The van der Waals surface area contributed by atoms with Crippen molar-refractivity contribution in [3.63, 3.8) is 0 Å². The van der Waals surface area contributed by atoms with E-state index in [9.17, 15) is 4.79 Å². The molecule has 1 aromatic heterocycles. The molecular formula is C20H26N4O3. The van der Waals surface area contributed by atoms with Gasteiger partial charge in [0.1, 0.15) is 11.9 Å². The SMILES string of the molecule is COc1ccc([C@H]2Cn3nnc(C(=O)NCC4CCCCC4)c3CO2)cc1. The Kier molecular flexibility index (Phi) is 5.38. The van der Waals surface area contributed by atoms with Gasteiger partial charge in [0, 0.05) is 6.54 Å². The average molecular weight is 370 g/mol. The summed E-state index contributed by atoms with van der Waals surface area (Å²) in [6.07, 6.45) is 6.14. The van der Waals surface area contributed by atoms with Crippen molar-refractivity contribution in [3.8, 4) is 5.75 Å². The number of methoxy groups -OCH3 is 1. The molecule has 2 aliphatic rings. The highest BCUT2D eigenvalue weighted by atomic mass is 16.5. The Morgan fingerprint density at radius 1 is 1.26 bits per heavy atom. The fraction of sp³-hybridized carbons (Fsp3) is 0.550. The molecule has 1 fully saturated rings. The summed E-state index contributed by atoms with van der Waals surface area (Å²) in [4.78, 5) is 12.5.